The molecule has 4 heteroatoms. The molecule has 0 aromatic rings. The van der Waals surface area contributed by atoms with E-state index < -0.39 is 6.17 Å². The molecule has 0 aromatic heterocycles. The average Bonchev–Trinajstić information content (AvgIpc) is 1.77. The van der Waals surface area contributed by atoms with Crippen LogP contribution in [-0.2, 0) is 4.74 Å². The molecule has 2 nitrogen and oxygen atoms in total. The first-order valence-corrected chi connectivity index (χ1v) is 2.78. The van der Waals surface area contributed by atoms with E-state index in [9.17, 15) is 4.39 Å². The second-order valence-corrected chi connectivity index (χ2v) is 2.04. The normalized spacial score (nSPS) is 35.3. The predicted octanol–water partition coefficient (Wildman–Crippen LogP) is 0.494. The van der Waals surface area contributed by atoms with Crippen molar-refractivity contribution in [3.63, 3.8) is 0 Å². The van der Waals surface area contributed by atoms with Crippen molar-refractivity contribution in [1.82, 2.24) is 0 Å². The fourth-order valence-corrected chi connectivity index (χ4v) is 0.734. The van der Waals surface area contributed by atoms with E-state index in [-0.39, 0.29) is 18.4 Å². The molecule has 0 radical (unpaired) electrons. The standard InChI is InChI=1S/C5H10FNO.ClH/c6-4-1-2-8-3-5(4)7;/h4-5H,1-3,7H2;1H. The van der Waals surface area contributed by atoms with E-state index in [0.29, 0.717) is 19.6 Å². The van der Waals surface area contributed by atoms with Gasteiger partial charge in [0.25, 0.3) is 0 Å². The molecule has 0 amide bonds. The van der Waals surface area contributed by atoms with Gasteiger partial charge in [-0.1, -0.05) is 0 Å². The highest BCUT2D eigenvalue weighted by atomic mass is 35.5. The van der Waals surface area contributed by atoms with E-state index >= 15 is 0 Å². The first-order chi connectivity index (χ1) is 3.80. The van der Waals surface area contributed by atoms with Crippen LogP contribution >= 0.6 is 12.4 Å². The Morgan fingerprint density at radius 1 is 1.56 bits per heavy atom. The maximum Gasteiger partial charge on any atom is 0.120 e. The van der Waals surface area contributed by atoms with E-state index in [1.54, 1.807) is 0 Å². The molecule has 1 aliphatic heterocycles. The maximum atomic E-state index is 12.4. The first kappa shape index (κ1) is 9.14. The quantitative estimate of drug-likeness (QED) is 0.553. The van der Waals surface area contributed by atoms with Gasteiger partial charge in [0.1, 0.15) is 6.17 Å². The van der Waals surface area contributed by atoms with Gasteiger partial charge in [-0.2, -0.15) is 0 Å². The van der Waals surface area contributed by atoms with Crippen LogP contribution in [0.1, 0.15) is 6.42 Å². The lowest BCUT2D eigenvalue weighted by Gasteiger charge is -2.21. The molecule has 9 heavy (non-hydrogen) atoms. The van der Waals surface area contributed by atoms with E-state index in [1.165, 1.54) is 0 Å². The average molecular weight is 156 g/mol. The maximum absolute atomic E-state index is 12.4. The Hall–Kier alpha value is 0.140. The van der Waals surface area contributed by atoms with Crippen molar-refractivity contribution >= 4 is 12.4 Å². The summed E-state index contributed by atoms with van der Waals surface area (Å²) in [6.45, 7) is 0.899. The third-order valence-electron chi connectivity index (χ3n) is 1.31. The van der Waals surface area contributed by atoms with Gasteiger partial charge in [-0.25, -0.2) is 4.39 Å². The fraction of sp³-hybridized carbons (Fsp3) is 1.00. The Morgan fingerprint density at radius 3 is 2.56 bits per heavy atom. The minimum Gasteiger partial charge on any atom is -0.380 e. The Morgan fingerprint density at radius 2 is 2.22 bits per heavy atom. The lowest BCUT2D eigenvalue weighted by Crippen LogP contribution is -2.40. The molecule has 0 aliphatic carbocycles. The molecule has 1 fully saturated rings. The van der Waals surface area contributed by atoms with E-state index in [2.05, 4.69) is 0 Å². The van der Waals surface area contributed by atoms with Gasteiger partial charge in [-0.15, -0.1) is 12.4 Å². The molecule has 1 saturated heterocycles. The molecule has 0 spiro atoms. The number of alkyl halides is 1. The summed E-state index contributed by atoms with van der Waals surface area (Å²) in [7, 11) is 0. The third kappa shape index (κ3) is 2.47. The van der Waals surface area contributed by atoms with Gasteiger partial charge >= 0.3 is 0 Å². The van der Waals surface area contributed by atoms with Crippen molar-refractivity contribution in [1.29, 1.82) is 0 Å². The number of hydrogen-bond donors (Lipinski definition) is 1. The molecule has 1 rings (SSSR count). The second-order valence-electron chi connectivity index (χ2n) is 2.04. The molecule has 1 heterocycles. The summed E-state index contributed by atoms with van der Waals surface area (Å²) in [6.07, 6.45) is -0.384. The minimum absolute atomic E-state index is 0. The molecule has 0 bridgehead atoms. The van der Waals surface area contributed by atoms with Crippen LogP contribution in [0, 0.1) is 0 Å². The smallest absolute Gasteiger partial charge is 0.120 e. The molecular weight excluding hydrogens is 145 g/mol. The van der Waals surface area contributed by atoms with Gasteiger partial charge in [0, 0.05) is 13.0 Å². The van der Waals surface area contributed by atoms with Crippen LogP contribution in [0.2, 0.25) is 0 Å². The van der Waals surface area contributed by atoms with E-state index in [4.69, 9.17) is 10.5 Å². The van der Waals surface area contributed by atoms with Crippen molar-refractivity contribution in [3.05, 3.63) is 0 Å². The van der Waals surface area contributed by atoms with Crippen LogP contribution in [-0.4, -0.2) is 25.4 Å². The van der Waals surface area contributed by atoms with Crippen molar-refractivity contribution in [2.45, 2.75) is 18.6 Å². The van der Waals surface area contributed by atoms with Gasteiger partial charge in [0.2, 0.25) is 0 Å². The molecule has 56 valence electrons. The predicted molar refractivity (Wildman–Crippen MR) is 35.6 cm³/mol. The molecule has 2 unspecified atom stereocenters. The molecule has 1 aliphatic rings. The summed E-state index contributed by atoms with van der Waals surface area (Å²) in [5.74, 6) is 0. The zero-order chi connectivity index (χ0) is 5.98. The lowest BCUT2D eigenvalue weighted by molar-refractivity contribution is 0.0341. The summed E-state index contributed by atoms with van der Waals surface area (Å²) in [5.41, 5.74) is 5.28. The van der Waals surface area contributed by atoms with Crippen molar-refractivity contribution in [2.24, 2.45) is 5.73 Å². The van der Waals surface area contributed by atoms with Crippen LogP contribution < -0.4 is 5.73 Å². The Labute approximate surface area is 60.0 Å². The SMILES string of the molecule is Cl.NC1COCCC1F. The highest BCUT2D eigenvalue weighted by molar-refractivity contribution is 5.85. The summed E-state index contributed by atoms with van der Waals surface area (Å²) < 4.78 is 17.3. The Kier molecular flexibility index (Phi) is 4.10. The Bertz CT molecular complexity index is 73.4. The highest BCUT2D eigenvalue weighted by Gasteiger charge is 2.20. The van der Waals surface area contributed by atoms with Crippen molar-refractivity contribution in [3.8, 4) is 0 Å². The molecule has 0 saturated carbocycles. The van der Waals surface area contributed by atoms with Gasteiger partial charge in [-0.3, -0.25) is 0 Å². The van der Waals surface area contributed by atoms with Crippen molar-refractivity contribution in [2.75, 3.05) is 13.2 Å². The molecule has 2 N–H and O–H groups in total. The van der Waals surface area contributed by atoms with Crippen LogP contribution in [0.5, 0.6) is 0 Å². The fourth-order valence-electron chi connectivity index (χ4n) is 0.734. The highest BCUT2D eigenvalue weighted by Crippen LogP contribution is 2.08. The van der Waals surface area contributed by atoms with E-state index in [0.717, 1.165) is 0 Å². The van der Waals surface area contributed by atoms with Gasteiger partial charge in [-0.05, 0) is 0 Å². The molecular formula is C5H11ClFNO. The molecule has 0 aromatic carbocycles. The molecule has 2 atom stereocenters. The van der Waals surface area contributed by atoms with Crippen LogP contribution in [0.3, 0.4) is 0 Å². The van der Waals surface area contributed by atoms with E-state index in [1.807, 2.05) is 0 Å². The largest absolute Gasteiger partial charge is 0.380 e. The monoisotopic (exact) mass is 155 g/mol. The summed E-state index contributed by atoms with van der Waals surface area (Å²) in [5, 5.41) is 0. The first-order valence-electron chi connectivity index (χ1n) is 2.78. The zero-order valence-corrected chi connectivity index (χ0v) is 5.86. The topological polar surface area (TPSA) is 35.2 Å². The zero-order valence-electron chi connectivity index (χ0n) is 5.05. The van der Waals surface area contributed by atoms with Crippen LogP contribution in [0.15, 0.2) is 0 Å². The van der Waals surface area contributed by atoms with Crippen LogP contribution in [0.4, 0.5) is 4.39 Å². The third-order valence-corrected chi connectivity index (χ3v) is 1.31. The van der Waals surface area contributed by atoms with Gasteiger partial charge < -0.3 is 10.5 Å². The minimum atomic E-state index is -0.844. The number of halogens is 2. The van der Waals surface area contributed by atoms with Crippen LogP contribution in [0.25, 0.3) is 0 Å². The summed E-state index contributed by atoms with van der Waals surface area (Å²) >= 11 is 0. The van der Waals surface area contributed by atoms with Crippen molar-refractivity contribution < 1.29 is 9.13 Å². The lowest BCUT2D eigenvalue weighted by atomic mass is 10.1. The number of hydrogen-bond acceptors (Lipinski definition) is 2. The number of ether oxygens (including phenoxy) is 1. The number of nitrogens with two attached hydrogens (primary N) is 1. The summed E-state index contributed by atoms with van der Waals surface area (Å²) in [6, 6.07) is -0.385. The van der Waals surface area contributed by atoms with Gasteiger partial charge in [0.15, 0.2) is 0 Å². The number of rotatable bonds is 0. The second kappa shape index (κ2) is 4.04. The summed E-state index contributed by atoms with van der Waals surface area (Å²) in [4.78, 5) is 0. The van der Waals surface area contributed by atoms with Gasteiger partial charge in [0.05, 0.1) is 12.6 Å². The Balaban J connectivity index is 0.000000640.